The third-order valence-electron chi connectivity index (χ3n) is 1.76. The molecule has 64 valence electrons. The Morgan fingerprint density at radius 1 is 1.46 bits per heavy atom. The van der Waals surface area contributed by atoms with Crippen molar-refractivity contribution in [3.63, 3.8) is 0 Å². The Hall–Kier alpha value is -1.38. The van der Waals surface area contributed by atoms with E-state index in [0.717, 1.165) is 15.4 Å². The Balaban J connectivity index is 2.75. The number of nitrogens with one attached hydrogen (secondary N) is 1. The summed E-state index contributed by atoms with van der Waals surface area (Å²) in [6, 6.07) is 7.57. The predicted octanol–water partition coefficient (Wildman–Crippen LogP) is 2.90. The minimum Gasteiger partial charge on any atom is -0.339 e. The van der Waals surface area contributed by atoms with Crippen molar-refractivity contribution in [2.45, 2.75) is 0 Å². The molecule has 2 rings (SSSR count). The van der Waals surface area contributed by atoms with E-state index in [9.17, 15) is 4.79 Å². The molecule has 0 aliphatic rings. The summed E-state index contributed by atoms with van der Waals surface area (Å²) in [6.45, 7) is 0. The van der Waals surface area contributed by atoms with Gasteiger partial charge in [-0.25, -0.2) is 4.79 Å². The number of aliphatic imine (C=N–C) groups is 1. The Kier molecular flexibility index (Phi) is 2.00. The number of halogens is 1. The molecule has 0 atom stereocenters. The minimum absolute atomic E-state index is 0.525. The Morgan fingerprint density at radius 3 is 3.00 bits per heavy atom. The van der Waals surface area contributed by atoms with Crippen LogP contribution in [0.15, 0.2) is 33.7 Å². The molecule has 1 N–H and O–H groups in total. The van der Waals surface area contributed by atoms with Gasteiger partial charge in [0.2, 0.25) is 6.08 Å². The molecule has 1 heterocycles. The number of rotatable bonds is 1. The molecule has 0 fully saturated rings. The highest BCUT2D eigenvalue weighted by atomic mass is 79.9. The summed E-state index contributed by atoms with van der Waals surface area (Å²) in [7, 11) is 0. The predicted molar refractivity (Wildman–Crippen MR) is 53.8 cm³/mol. The van der Waals surface area contributed by atoms with Gasteiger partial charge in [0.25, 0.3) is 0 Å². The number of carbonyl (C=O) groups excluding carboxylic acids is 1. The normalized spacial score (nSPS) is 9.92. The standard InChI is InChI=1S/C9H5BrN2O/c10-7-2-1-3-8-6(7)4-9(12-8)11-5-13/h1-4,12H. The molecule has 13 heavy (non-hydrogen) atoms. The van der Waals surface area contributed by atoms with Crippen molar-refractivity contribution >= 4 is 38.7 Å². The maximum Gasteiger partial charge on any atom is 0.242 e. The summed E-state index contributed by atoms with van der Waals surface area (Å²) in [5, 5.41) is 1.01. The lowest BCUT2D eigenvalue weighted by Gasteiger charge is -1.90. The fourth-order valence-corrected chi connectivity index (χ4v) is 1.69. The second kappa shape index (κ2) is 3.17. The highest BCUT2D eigenvalue weighted by Crippen LogP contribution is 2.27. The molecule has 0 unspecified atom stereocenters. The van der Waals surface area contributed by atoms with Crippen LogP contribution in [0, 0.1) is 0 Å². The van der Waals surface area contributed by atoms with Gasteiger partial charge in [0.15, 0.2) is 0 Å². The number of benzene rings is 1. The van der Waals surface area contributed by atoms with Crippen LogP contribution in [0.5, 0.6) is 0 Å². The highest BCUT2D eigenvalue weighted by Gasteiger charge is 2.01. The number of aromatic nitrogens is 1. The Labute approximate surface area is 82.6 Å². The van der Waals surface area contributed by atoms with E-state index in [1.165, 1.54) is 6.08 Å². The third-order valence-corrected chi connectivity index (χ3v) is 2.45. The van der Waals surface area contributed by atoms with Gasteiger partial charge < -0.3 is 4.98 Å². The van der Waals surface area contributed by atoms with Crippen LogP contribution in [0.3, 0.4) is 0 Å². The van der Waals surface area contributed by atoms with E-state index in [4.69, 9.17) is 0 Å². The molecular formula is C9H5BrN2O. The van der Waals surface area contributed by atoms with Crippen LogP contribution in [0.1, 0.15) is 0 Å². The first-order chi connectivity index (χ1) is 6.31. The zero-order chi connectivity index (χ0) is 9.26. The maximum absolute atomic E-state index is 10.0. The summed E-state index contributed by atoms with van der Waals surface area (Å²) in [5.74, 6) is 0.525. The lowest BCUT2D eigenvalue weighted by molar-refractivity contribution is 0.565. The van der Waals surface area contributed by atoms with E-state index in [-0.39, 0.29) is 0 Å². The van der Waals surface area contributed by atoms with Crippen molar-refractivity contribution in [2.24, 2.45) is 4.99 Å². The van der Waals surface area contributed by atoms with Crippen LogP contribution in [0.25, 0.3) is 10.9 Å². The van der Waals surface area contributed by atoms with Gasteiger partial charge in [-0.15, -0.1) is 4.99 Å². The lowest BCUT2D eigenvalue weighted by Crippen LogP contribution is -1.67. The van der Waals surface area contributed by atoms with Crippen molar-refractivity contribution in [1.29, 1.82) is 0 Å². The number of aromatic amines is 1. The molecule has 3 nitrogen and oxygen atoms in total. The van der Waals surface area contributed by atoms with Crippen LogP contribution in [-0.2, 0) is 4.79 Å². The van der Waals surface area contributed by atoms with Crippen LogP contribution in [0.4, 0.5) is 5.82 Å². The van der Waals surface area contributed by atoms with E-state index >= 15 is 0 Å². The molecule has 0 bridgehead atoms. The minimum atomic E-state index is 0.525. The largest absolute Gasteiger partial charge is 0.339 e. The number of hydrogen-bond acceptors (Lipinski definition) is 2. The molecule has 0 amide bonds. The van der Waals surface area contributed by atoms with Gasteiger partial charge in [-0.1, -0.05) is 22.0 Å². The smallest absolute Gasteiger partial charge is 0.242 e. The van der Waals surface area contributed by atoms with Crippen molar-refractivity contribution < 1.29 is 4.79 Å². The molecule has 0 aliphatic heterocycles. The highest BCUT2D eigenvalue weighted by molar-refractivity contribution is 9.10. The zero-order valence-corrected chi connectivity index (χ0v) is 8.13. The topological polar surface area (TPSA) is 45.2 Å². The molecule has 0 saturated heterocycles. The second-order valence-corrected chi connectivity index (χ2v) is 3.41. The van der Waals surface area contributed by atoms with Gasteiger partial charge >= 0.3 is 0 Å². The van der Waals surface area contributed by atoms with Gasteiger partial charge in [0.05, 0.1) is 0 Å². The molecule has 0 aliphatic carbocycles. The molecule has 0 spiro atoms. The molecule has 2 aromatic rings. The second-order valence-electron chi connectivity index (χ2n) is 2.56. The van der Waals surface area contributed by atoms with Crippen molar-refractivity contribution in [2.75, 3.05) is 0 Å². The SMILES string of the molecule is O=C=Nc1cc2c(Br)cccc2[nH]1. The van der Waals surface area contributed by atoms with Gasteiger partial charge in [-0.05, 0) is 18.2 Å². The first-order valence-electron chi connectivity index (χ1n) is 3.66. The fourth-order valence-electron chi connectivity index (χ4n) is 1.21. The van der Waals surface area contributed by atoms with Gasteiger partial charge in [-0.3, -0.25) is 0 Å². The van der Waals surface area contributed by atoms with E-state index in [1.54, 1.807) is 6.07 Å². The van der Waals surface area contributed by atoms with Crippen molar-refractivity contribution in [1.82, 2.24) is 4.98 Å². The maximum atomic E-state index is 10.0. The molecule has 4 heteroatoms. The Bertz CT molecular complexity index is 497. The molecule has 0 radical (unpaired) electrons. The number of H-pyrrole nitrogens is 1. The summed E-state index contributed by atoms with van der Waals surface area (Å²) in [5.41, 5.74) is 0.948. The third kappa shape index (κ3) is 1.41. The monoisotopic (exact) mass is 236 g/mol. The first kappa shape index (κ1) is 8.23. The fraction of sp³-hybridized carbons (Fsp3) is 0. The van der Waals surface area contributed by atoms with E-state index in [0.29, 0.717) is 5.82 Å². The average Bonchev–Trinajstić information content (AvgIpc) is 2.49. The van der Waals surface area contributed by atoms with Gasteiger partial charge in [0.1, 0.15) is 5.82 Å². The van der Waals surface area contributed by atoms with Crippen LogP contribution in [-0.4, -0.2) is 11.1 Å². The number of nitrogens with zero attached hydrogens (tertiary/aromatic N) is 1. The molecule has 1 aromatic heterocycles. The van der Waals surface area contributed by atoms with Gasteiger partial charge in [0, 0.05) is 15.4 Å². The van der Waals surface area contributed by atoms with Gasteiger partial charge in [-0.2, -0.15) is 0 Å². The van der Waals surface area contributed by atoms with E-state index in [1.807, 2.05) is 18.2 Å². The number of hydrogen-bond donors (Lipinski definition) is 1. The zero-order valence-electron chi connectivity index (χ0n) is 6.54. The van der Waals surface area contributed by atoms with Crippen LogP contribution >= 0.6 is 15.9 Å². The van der Waals surface area contributed by atoms with Crippen molar-refractivity contribution in [3.8, 4) is 0 Å². The van der Waals surface area contributed by atoms with Crippen LogP contribution in [0.2, 0.25) is 0 Å². The first-order valence-corrected chi connectivity index (χ1v) is 4.45. The summed E-state index contributed by atoms with van der Waals surface area (Å²) >= 11 is 3.40. The summed E-state index contributed by atoms with van der Waals surface area (Å²) in [4.78, 5) is 16.5. The van der Waals surface area contributed by atoms with E-state index < -0.39 is 0 Å². The molecule has 0 saturated carbocycles. The quantitative estimate of drug-likeness (QED) is 0.601. The number of isocyanates is 1. The molecular weight excluding hydrogens is 232 g/mol. The summed E-state index contributed by atoms with van der Waals surface area (Å²) < 4.78 is 0.980. The average molecular weight is 237 g/mol. The van der Waals surface area contributed by atoms with E-state index in [2.05, 4.69) is 25.9 Å². The lowest BCUT2D eigenvalue weighted by atomic mass is 10.2. The Morgan fingerprint density at radius 2 is 2.31 bits per heavy atom. The van der Waals surface area contributed by atoms with Crippen molar-refractivity contribution in [3.05, 3.63) is 28.7 Å². The van der Waals surface area contributed by atoms with Crippen LogP contribution < -0.4 is 0 Å². The molecule has 1 aromatic carbocycles. The number of fused-ring (bicyclic) bond motifs is 1. The summed E-state index contributed by atoms with van der Waals surface area (Å²) in [6.07, 6.45) is 1.49.